The Kier molecular flexibility index (Phi) is 4.00. The van der Waals surface area contributed by atoms with Crippen molar-refractivity contribution in [1.29, 1.82) is 0 Å². The molecule has 0 spiro atoms. The second-order valence-corrected chi connectivity index (χ2v) is 4.79. The third-order valence-electron chi connectivity index (χ3n) is 3.53. The maximum Gasteiger partial charge on any atom is 0.126 e. The van der Waals surface area contributed by atoms with E-state index in [4.69, 9.17) is 4.74 Å². The van der Waals surface area contributed by atoms with Gasteiger partial charge >= 0.3 is 0 Å². The summed E-state index contributed by atoms with van der Waals surface area (Å²) in [5, 5.41) is 3.29. The lowest BCUT2D eigenvalue weighted by molar-refractivity contribution is 0.140. The fourth-order valence-electron chi connectivity index (χ4n) is 2.35. The van der Waals surface area contributed by atoms with Gasteiger partial charge in [-0.05, 0) is 51.3 Å². The Balaban J connectivity index is 1.95. The molecule has 2 nitrogen and oxygen atoms in total. The molecule has 1 aromatic carbocycles. The molecule has 1 aliphatic rings. The molecule has 1 N–H and O–H groups in total. The summed E-state index contributed by atoms with van der Waals surface area (Å²) in [6.45, 7) is 1.95. The number of halogens is 1. The Bertz CT molecular complexity index is 372. The van der Waals surface area contributed by atoms with E-state index in [0.717, 1.165) is 31.2 Å². The van der Waals surface area contributed by atoms with Crippen LogP contribution in [0.3, 0.4) is 0 Å². The lowest BCUT2D eigenvalue weighted by Gasteiger charge is -2.29. The standard InChI is InChI=1S/C14H20FNO/c1-10-3-4-11(15)9-14(10)17-13-7-5-12(16-2)6-8-13/h3-4,9,12-13,16H,5-8H2,1-2H3/t12-,13-. The van der Waals surface area contributed by atoms with E-state index in [-0.39, 0.29) is 11.9 Å². The topological polar surface area (TPSA) is 21.3 Å². The van der Waals surface area contributed by atoms with Gasteiger partial charge < -0.3 is 10.1 Å². The van der Waals surface area contributed by atoms with Gasteiger partial charge in [0.2, 0.25) is 0 Å². The van der Waals surface area contributed by atoms with Crippen LogP contribution in [-0.2, 0) is 0 Å². The van der Waals surface area contributed by atoms with Crippen molar-refractivity contribution in [3.8, 4) is 5.75 Å². The van der Waals surface area contributed by atoms with E-state index < -0.39 is 0 Å². The van der Waals surface area contributed by atoms with E-state index in [1.807, 2.05) is 14.0 Å². The minimum absolute atomic E-state index is 0.227. The van der Waals surface area contributed by atoms with E-state index >= 15 is 0 Å². The van der Waals surface area contributed by atoms with Crippen molar-refractivity contribution in [3.05, 3.63) is 29.6 Å². The van der Waals surface area contributed by atoms with Crippen LogP contribution < -0.4 is 10.1 Å². The second-order valence-electron chi connectivity index (χ2n) is 4.79. The number of hydrogen-bond acceptors (Lipinski definition) is 2. The Morgan fingerprint density at radius 1 is 1.24 bits per heavy atom. The summed E-state index contributed by atoms with van der Waals surface area (Å²) in [4.78, 5) is 0. The first kappa shape index (κ1) is 12.4. The lowest BCUT2D eigenvalue weighted by atomic mass is 9.93. The monoisotopic (exact) mass is 237 g/mol. The molecule has 0 saturated heterocycles. The predicted octanol–water partition coefficient (Wildman–Crippen LogP) is 3.04. The van der Waals surface area contributed by atoms with Crippen molar-refractivity contribution in [1.82, 2.24) is 5.32 Å². The molecule has 0 aromatic heterocycles. The fourth-order valence-corrected chi connectivity index (χ4v) is 2.35. The zero-order valence-electron chi connectivity index (χ0n) is 10.5. The van der Waals surface area contributed by atoms with Crippen LogP contribution in [0.4, 0.5) is 4.39 Å². The Morgan fingerprint density at radius 3 is 2.59 bits per heavy atom. The van der Waals surface area contributed by atoms with E-state index in [0.29, 0.717) is 11.8 Å². The van der Waals surface area contributed by atoms with Gasteiger partial charge in [0.1, 0.15) is 11.6 Å². The van der Waals surface area contributed by atoms with Crippen molar-refractivity contribution >= 4 is 0 Å². The summed E-state index contributed by atoms with van der Waals surface area (Å²) in [6, 6.07) is 5.34. The molecule has 1 saturated carbocycles. The van der Waals surface area contributed by atoms with Gasteiger partial charge in [-0.1, -0.05) is 6.07 Å². The van der Waals surface area contributed by atoms with Crippen molar-refractivity contribution in [3.63, 3.8) is 0 Å². The third kappa shape index (κ3) is 3.19. The maximum atomic E-state index is 13.1. The third-order valence-corrected chi connectivity index (χ3v) is 3.53. The second kappa shape index (κ2) is 5.50. The van der Waals surface area contributed by atoms with E-state index in [9.17, 15) is 4.39 Å². The number of ether oxygens (including phenoxy) is 1. The minimum atomic E-state index is -0.227. The Hall–Kier alpha value is -1.09. The molecule has 94 valence electrons. The normalized spacial score (nSPS) is 24.6. The molecule has 1 aliphatic carbocycles. The van der Waals surface area contributed by atoms with Crippen molar-refractivity contribution in [2.45, 2.75) is 44.8 Å². The average molecular weight is 237 g/mol. The summed E-state index contributed by atoms with van der Waals surface area (Å²) in [5.41, 5.74) is 1.00. The van der Waals surface area contributed by atoms with Gasteiger partial charge in [-0.15, -0.1) is 0 Å². The highest BCUT2D eigenvalue weighted by Crippen LogP contribution is 2.26. The van der Waals surface area contributed by atoms with Gasteiger partial charge in [-0.25, -0.2) is 4.39 Å². The summed E-state index contributed by atoms with van der Waals surface area (Å²) < 4.78 is 19.0. The molecule has 0 amide bonds. The fraction of sp³-hybridized carbons (Fsp3) is 0.571. The first-order chi connectivity index (χ1) is 8.19. The smallest absolute Gasteiger partial charge is 0.126 e. The molecule has 0 aliphatic heterocycles. The van der Waals surface area contributed by atoms with Gasteiger partial charge in [0.05, 0.1) is 6.10 Å². The molecule has 0 atom stereocenters. The predicted molar refractivity (Wildman–Crippen MR) is 66.9 cm³/mol. The number of aryl methyl sites for hydroxylation is 1. The average Bonchev–Trinajstić information content (AvgIpc) is 2.35. The van der Waals surface area contributed by atoms with E-state index in [1.165, 1.54) is 12.1 Å². The molecule has 2 rings (SSSR count). The SMILES string of the molecule is CN[C@H]1CC[C@H](Oc2cc(F)ccc2C)CC1. The molecule has 1 aromatic rings. The van der Waals surface area contributed by atoms with Crippen molar-refractivity contribution in [2.75, 3.05) is 7.05 Å². The summed E-state index contributed by atoms with van der Waals surface area (Å²) in [7, 11) is 2.00. The van der Waals surface area contributed by atoms with Gasteiger partial charge in [0.15, 0.2) is 0 Å². The number of hydrogen-bond donors (Lipinski definition) is 1. The summed E-state index contributed by atoms with van der Waals surface area (Å²) in [6.07, 6.45) is 4.59. The van der Waals surface area contributed by atoms with Gasteiger partial charge in [0.25, 0.3) is 0 Å². The van der Waals surface area contributed by atoms with Gasteiger partial charge in [-0.3, -0.25) is 0 Å². The highest BCUT2D eigenvalue weighted by Gasteiger charge is 2.21. The highest BCUT2D eigenvalue weighted by atomic mass is 19.1. The zero-order chi connectivity index (χ0) is 12.3. The molecule has 0 unspecified atom stereocenters. The van der Waals surface area contributed by atoms with Gasteiger partial charge in [-0.2, -0.15) is 0 Å². The highest BCUT2D eigenvalue weighted by molar-refractivity contribution is 5.32. The maximum absolute atomic E-state index is 13.1. The van der Waals surface area contributed by atoms with E-state index in [1.54, 1.807) is 6.07 Å². The lowest BCUT2D eigenvalue weighted by Crippen LogP contribution is -2.34. The minimum Gasteiger partial charge on any atom is -0.490 e. The van der Waals surface area contributed by atoms with Crippen LogP contribution in [-0.4, -0.2) is 19.2 Å². The van der Waals surface area contributed by atoms with E-state index in [2.05, 4.69) is 5.32 Å². The van der Waals surface area contributed by atoms with Crippen LogP contribution in [0.5, 0.6) is 5.75 Å². The zero-order valence-corrected chi connectivity index (χ0v) is 10.5. The molecule has 0 heterocycles. The molecule has 0 radical (unpaired) electrons. The van der Waals surface area contributed by atoms with Crippen LogP contribution in [0.15, 0.2) is 18.2 Å². The Labute approximate surface area is 102 Å². The number of benzene rings is 1. The summed E-state index contributed by atoms with van der Waals surface area (Å²) in [5.74, 6) is 0.465. The quantitative estimate of drug-likeness (QED) is 0.872. The number of rotatable bonds is 3. The van der Waals surface area contributed by atoms with Gasteiger partial charge in [0, 0.05) is 12.1 Å². The first-order valence-corrected chi connectivity index (χ1v) is 6.29. The van der Waals surface area contributed by atoms with Crippen LogP contribution in [0.1, 0.15) is 31.2 Å². The Morgan fingerprint density at radius 2 is 1.94 bits per heavy atom. The molecular formula is C14H20FNO. The first-order valence-electron chi connectivity index (χ1n) is 6.29. The molecule has 17 heavy (non-hydrogen) atoms. The van der Waals surface area contributed by atoms with Crippen molar-refractivity contribution in [2.24, 2.45) is 0 Å². The molecular weight excluding hydrogens is 217 g/mol. The summed E-state index contributed by atoms with van der Waals surface area (Å²) >= 11 is 0. The molecule has 1 fully saturated rings. The van der Waals surface area contributed by atoms with Crippen molar-refractivity contribution < 1.29 is 9.13 Å². The largest absolute Gasteiger partial charge is 0.490 e. The van der Waals surface area contributed by atoms with Crippen LogP contribution in [0, 0.1) is 12.7 Å². The van der Waals surface area contributed by atoms with Crippen LogP contribution in [0.25, 0.3) is 0 Å². The molecule has 0 bridgehead atoms. The number of nitrogens with one attached hydrogen (secondary N) is 1. The molecule has 3 heteroatoms. The van der Waals surface area contributed by atoms with Crippen LogP contribution >= 0.6 is 0 Å². The van der Waals surface area contributed by atoms with Crippen LogP contribution in [0.2, 0.25) is 0 Å².